The summed E-state index contributed by atoms with van der Waals surface area (Å²) in [7, 11) is -4.33. The summed E-state index contributed by atoms with van der Waals surface area (Å²) in [5.41, 5.74) is -1.07. The second kappa shape index (κ2) is 52.1. The van der Waals surface area contributed by atoms with Gasteiger partial charge in [-0.3, -0.25) is 0 Å². The van der Waals surface area contributed by atoms with E-state index in [-0.39, 0.29) is 0 Å². The van der Waals surface area contributed by atoms with Crippen LogP contribution in [-0.2, 0) is 9.84 Å². The zero-order valence-corrected chi connectivity index (χ0v) is 54.1. The lowest BCUT2D eigenvalue weighted by atomic mass is 10.1. The maximum Gasteiger partial charge on any atom is 0.207 e. The van der Waals surface area contributed by atoms with Crippen LogP contribution >= 0.6 is 0 Å². The van der Waals surface area contributed by atoms with Gasteiger partial charge in [0, 0.05) is 11.1 Å². The Hall–Kier alpha value is -2.75. The van der Waals surface area contributed by atoms with Gasteiger partial charge in [0.15, 0.2) is 0 Å². The summed E-state index contributed by atoms with van der Waals surface area (Å²) in [5.74, 6) is -3.33. The van der Waals surface area contributed by atoms with Gasteiger partial charge >= 0.3 is 0 Å². The van der Waals surface area contributed by atoms with Gasteiger partial charge in [-0.05, 0) is 115 Å². The highest BCUT2D eigenvalue weighted by Crippen LogP contribution is 2.27. The van der Waals surface area contributed by atoms with Crippen LogP contribution in [0.2, 0.25) is 0 Å². The number of carbonyl (C=O) groups excluding carboxylic acids is 2. The summed E-state index contributed by atoms with van der Waals surface area (Å²) < 4.78 is 27.9. The van der Waals surface area contributed by atoms with Crippen LogP contribution in [-0.4, -0.2) is 81.7 Å². The molecule has 0 aromatic heterocycles. The zero-order chi connectivity index (χ0) is 58.6. The first kappa shape index (κ1) is 76.2. The standard InChI is InChI=1S/2C28H60N.C14H10O6S/c2*1-5-9-13-17-21-25-29(26-22-18-14-10-6-2,27-23-19-15-11-7-3)28-24-20-16-12-8-4;15-13(16)9-5-1-3-7-11(9)21(19,20)12-8-4-2-6-10(12)14(17)18/h2*5-28H2,1-4H3;1-8H,(H,15,16)(H,17,18)/q2*+1;/p-2. The van der Waals surface area contributed by atoms with Crippen molar-refractivity contribution in [2.45, 2.75) is 322 Å². The number of carbonyl (C=O) groups is 2. The highest BCUT2D eigenvalue weighted by Gasteiger charge is 2.28. The van der Waals surface area contributed by atoms with Gasteiger partial charge in [0.1, 0.15) is 0 Å². The Morgan fingerprint density at radius 2 is 0.456 bits per heavy atom. The Balaban J connectivity index is 0.00000117. The number of aromatic carboxylic acids is 2. The summed E-state index contributed by atoms with van der Waals surface area (Å²) in [6.07, 6.45) is 57.6. The molecule has 0 saturated heterocycles. The Bertz CT molecular complexity index is 1570. The van der Waals surface area contributed by atoms with Crippen LogP contribution in [0.25, 0.3) is 0 Å². The maximum atomic E-state index is 12.5. The quantitative estimate of drug-likeness (QED) is 0.0481. The Morgan fingerprint density at radius 1 is 0.291 bits per heavy atom. The van der Waals surface area contributed by atoms with E-state index in [4.69, 9.17) is 0 Å². The van der Waals surface area contributed by atoms with Crippen molar-refractivity contribution in [1.82, 2.24) is 0 Å². The molecule has 0 atom stereocenters. The minimum atomic E-state index is -4.33. The normalized spacial score (nSPS) is 11.7. The predicted molar refractivity (Wildman–Crippen MR) is 337 cm³/mol. The second-order valence-electron chi connectivity index (χ2n) is 23.9. The summed E-state index contributed by atoms with van der Waals surface area (Å²) in [4.78, 5) is 21.0. The number of hydrogen-bond acceptors (Lipinski definition) is 6. The monoisotopic (exact) mass is 1120 g/mol. The van der Waals surface area contributed by atoms with Crippen molar-refractivity contribution in [2.75, 3.05) is 52.4 Å². The largest absolute Gasteiger partial charge is 0.545 e. The number of benzene rings is 2. The van der Waals surface area contributed by atoms with Crippen molar-refractivity contribution in [3.63, 3.8) is 0 Å². The molecule has 0 unspecified atom stereocenters. The fraction of sp³-hybridized carbons (Fsp3) is 0.800. The molecule has 8 nitrogen and oxygen atoms in total. The third-order valence-electron chi connectivity index (χ3n) is 16.7. The van der Waals surface area contributed by atoms with Gasteiger partial charge in [0.2, 0.25) is 9.84 Å². The molecule has 0 aliphatic carbocycles. The van der Waals surface area contributed by atoms with E-state index in [1.807, 2.05) is 0 Å². The number of unbranched alkanes of at least 4 members (excludes halogenated alkanes) is 32. The molecule has 0 bridgehead atoms. The first-order valence-electron chi connectivity index (χ1n) is 33.9. The lowest BCUT2D eigenvalue weighted by molar-refractivity contribution is -0.929. The van der Waals surface area contributed by atoms with Gasteiger partial charge in [-0.25, -0.2) is 8.42 Å². The molecule has 2 rings (SSSR count). The van der Waals surface area contributed by atoms with Gasteiger partial charge in [0.05, 0.1) is 74.1 Å². The predicted octanol–water partition coefficient (Wildman–Crippen LogP) is 18.6. The Morgan fingerprint density at radius 3 is 0.620 bits per heavy atom. The molecule has 0 fully saturated rings. The van der Waals surface area contributed by atoms with Crippen LogP contribution in [0.3, 0.4) is 0 Å². The first-order valence-corrected chi connectivity index (χ1v) is 35.4. The van der Waals surface area contributed by atoms with E-state index >= 15 is 0 Å². The molecule has 0 N–H and O–H groups in total. The summed E-state index contributed by atoms with van der Waals surface area (Å²) in [5, 5.41) is 22.0. The average molecular weight is 1130 g/mol. The molecule has 0 amide bonds. The Kier molecular flexibility index (Phi) is 50.3. The summed E-state index contributed by atoms with van der Waals surface area (Å²) in [6.45, 7) is 30.5. The maximum absolute atomic E-state index is 12.5. The summed E-state index contributed by atoms with van der Waals surface area (Å²) in [6, 6.07) is 9.65. The molecule has 0 spiro atoms. The lowest BCUT2D eigenvalue weighted by Crippen LogP contribution is -2.50. The molecule has 0 saturated carbocycles. The van der Waals surface area contributed by atoms with E-state index in [1.54, 1.807) is 0 Å². The molecule has 0 heterocycles. The molecule has 0 aliphatic rings. The summed E-state index contributed by atoms with van der Waals surface area (Å²) >= 11 is 0. The van der Waals surface area contributed by atoms with E-state index in [9.17, 15) is 28.2 Å². The number of quaternary nitrogens is 2. The number of sulfone groups is 1. The number of hydrogen-bond donors (Lipinski definition) is 0. The zero-order valence-electron chi connectivity index (χ0n) is 53.3. The van der Waals surface area contributed by atoms with Crippen LogP contribution in [0.15, 0.2) is 58.3 Å². The van der Waals surface area contributed by atoms with E-state index in [1.165, 1.54) is 342 Å². The minimum absolute atomic E-state index is 0.529. The number of carboxylic acid groups (broad SMARTS) is 2. The fourth-order valence-electron chi connectivity index (χ4n) is 11.6. The van der Waals surface area contributed by atoms with Crippen molar-refractivity contribution >= 4 is 21.8 Å². The number of nitrogens with zero attached hydrogens (tertiary/aromatic N) is 2. The van der Waals surface area contributed by atoms with Crippen LogP contribution in [0.1, 0.15) is 333 Å². The second-order valence-corrected chi connectivity index (χ2v) is 25.7. The van der Waals surface area contributed by atoms with Gasteiger partial charge in [-0.15, -0.1) is 0 Å². The van der Waals surface area contributed by atoms with Crippen LogP contribution < -0.4 is 10.2 Å². The SMILES string of the molecule is CCCCCCC[N+](CCCCCCC)(CCCCCCC)CCCCCCC.CCCCCCC[N+](CCCCCCC)(CCCCCCC)CCCCCCC.O=C([O-])c1ccccc1S(=O)(=O)c1ccccc1C(=O)[O-]. The van der Waals surface area contributed by atoms with Crippen molar-refractivity contribution in [1.29, 1.82) is 0 Å². The Labute approximate surface area is 490 Å². The molecule has 2 aromatic carbocycles. The van der Waals surface area contributed by atoms with Gasteiger partial charge < -0.3 is 28.8 Å². The van der Waals surface area contributed by atoms with E-state index in [0.717, 1.165) is 24.3 Å². The smallest absolute Gasteiger partial charge is 0.207 e. The molecule has 0 aliphatic heterocycles. The molecule has 79 heavy (non-hydrogen) atoms. The van der Waals surface area contributed by atoms with E-state index < -0.39 is 42.7 Å². The van der Waals surface area contributed by atoms with Gasteiger partial charge in [0.25, 0.3) is 0 Å². The van der Waals surface area contributed by atoms with Gasteiger partial charge in [-0.1, -0.05) is 246 Å². The fourth-order valence-corrected chi connectivity index (χ4v) is 13.2. The van der Waals surface area contributed by atoms with Crippen molar-refractivity contribution in [3.8, 4) is 0 Å². The third-order valence-corrected chi connectivity index (χ3v) is 18.6. The first-order chi connectivity index (χ1) is 38.3. The molecular formula is C70H128N2O6S. The van der Waals surface area contributed by atoms with Crippen molar-refractivity contribution in [3.05, 3.63) is 59.7 Å². The molecule has 9 heteroatoms. The van der Waals surface area contributed by atoms with Crippen LogP contribution in [0.4, 0.5) is 0 Å². The number of carboxylic acids is 2. The number of rotatable bonds is 52. The van der Waals surface area contributed by atoms with E-state index in [2.05, 4.69) is 55.4 Å². The lowest BCUT2D eigenvalue weighted by Gasteiger charge is -2.40. The highest BCUT2D eigenvalue weighted by molar-refractivity contribution is 7.91. The molecule has 0 radical (unpaired) electrons. The third kappa shape index (κ3) is 37.9. The van der Waals surface area contributed by atoms with Crippen molar-refractivity contribution < 1.29 is 37.2 Å². The minimum Gasteiger partial charge on any atom is -0.545 e. The average Bonchev–Trinajstić information content (AvgIpc) is 3.45. The van der Waals surface area contributed by atoms with Gasteiger partial charge in [-0.2, -0.15) is 0 Å². The topological polar surface area (TPSA) is 114 Å². The molecule has 460 valence electrons. The highest BCUT2D eigenvalue weighted by atomic mass is 32.2. The van der Waals surface area contributed by atoms with E-state index in [0.29, 0.717) is 0 Å². The van der Waals surface area contributed by atoms with Crippen molar-refractivity contribution in [2.24, 2.45) is 0 Å². The van der Waals surface area contributed by atoms with Crippen LogP contribution in [0.5, 0.6) is 0 Å². The molecule has 2 aromatic rings. The van der Waals surface area contributed by atoms with Crippen LogP contribution in [0, 0.1) is 0 Å². The molecular weight excluding hydrogens is 997 g/mol.